The molecule has 4 rings (SSSR count). The molecule has 2 aromatic rings. The van der Waals surface area contributed by atoms with Gasteiger partial charge in [0.15, 0.2) is 5.82 Å². The number of rotatable bonds is 3. The van der Waals surface area contributed by atoms with E-state index in [1.165, 1.54) is 6.07 Å². The molecule has 0 radical (unpaired) electrons. The number of alkyl halides is 3. The van der Waals surface area contributed by atoms with Crippen LogP contribution >= 0.6 is 0 Å². The van der Waals surface area contributed by atoms with E-state index in [1.54, 1.807) is 0 Å². The molecule has 0 saturated carbocycles. The topological polar surface area (TPSA) is 73.3 Å². The summed E-state index contributed by atoms with van der Waals surface area (Å²) >= 11 is 0. The van der Waals surface area contributed by atoms with Gasteiger partial charge < -0.3 is 20.6 Å². The zero-order valence-electron chi connectivity index (χ0n) is 15.5. The molecule has 0 amide bonds. The fraction of sp³-hybridized carbons (Fsp3) is 0.474. The van der Waals surface area contributed by atoms with E-state index in [0.29, 0.717) is 24.6 Å². The van der Waals surface area contributed by atoms with Crippen molar-refractivity contribution in [2.75, 3.05) is 25.5 Å². The van der Waals surface area contributed by atoms with E-state index in [2.05, 4.69) is 32.8 Å². The number of hydrogen-bond donors (Lipinski definition) is 3. The molecule has 6 nitrogen and oxygen atoms in total. The summed E-state index contributed by atoms with van der Waals surface area (Å²) in [6, 6.07) is 3.22. The maximum atomic E-state index is 12.9. The normalized spacial score (nSPS) is 20.2. The van der Waals surface area contributed by atoms with E-state index in [0.717, 1.165) is 49.2 Å². The number of aromatic nitrogens is 2. The molecule has 0 unspecified atom stereocenters. The first-order valence-corrected chi connectivity index (χ1v) is 9.27. The van der Waals surface area contributed by atoms with Crippen molar-refractivity contribution in [3.63, 3.8) is 0 Å². The summed E-state index contributed by atoms with van der Waals surface area (Å²) in [6.07, 6.45) is -2.35. The van der Waals surface area contributed by atoms with Gasteiger partial charge in [0.05, 0.1) is 5.56 Å². The summed E-state index contributed by atoms with van der Waals surface area (Å²) in [6.45, 7) is 3.13. The third-order valence-electron chi connectivity index (χ3n) is 5.34. The smallest absolute Gasteiger partial charge is 0.416 e. The number of benzene rings is 1. The first kappa shape index (κ1) is 18.9. The Hall–Kier alpha value is -2.39. The molecule has 0 spiro atoms. The number of halogens is 3. The molecular weight excluding hydrogens is 371 g/mol. The Labute approximate surface area is 160 Å². The molecule has 150 valence electrons. The van der Waals surface area contributed by atoms with Gasteiger partial charge in [-0.2, -0.15) is 13.2 Å². The molecule has 2 aliphatic heterocycles. The Morgan fingerprint density at radius 3 is 2.71 bits per heavy atom. The predicted octanol–water partition coefficient (Wildman–Crippen LogP) is 2.98. The lowest BCUT2D eigenvalue weighted by molar-refractivity contribution is -0.137. The van der Waals surface area contributed by atoms with Crippen LogP contribution in [0.25, 0.3) is 11.3 Å². The number of fused-ring (bicyclic) bond motifs is 1. The van der Waals surface area contributed by atoms with Crippen molar-refractivity contribution in [3.8, 4) is 17.0 Å². The van der Waals surface area contributed by atoms with Crippen molar-refractivity contribution in [2.24, 2.45) is 0 Å². The van der Waals surface area contributed by atoms with Crippen molar-refractivity contribution in [1.82, 2.24) is 20.4 Å². The van der Waals surface area contributed by atoms with Crippen molar-refractivity contribution < 1.29 is 18.3 Å². The Kier molecular flexibility index (Phi) is 4.88. The summed E-state index contributed by atoms with van der Waals surface area (Å²) in [5.41, 5.74) is 1.59. The van der Waals surface area contributed by atoms with Gasteiger partial charge in [-0.3, -0.25) is 0 Å². The molecule has 1 aromatic heterocycles. The minimum Gasteiger partial charge on any atom is -0.507 e. The highest BCUT2D eigenvalue weighted by Gasteiger charge is 2.32. The molecule has 1 saturated heterocycles. The summed E-state index contributed by atoms with van der Waals surface area (Å²) in [5.74, 6) is 0.253. The van der Waals surface area contributed by atoms with Crippen LogP contribution in [0.3, 0.4) is 0 Å². The average Bonchev–Trinajstić information content (AvgIpc) is 3.12. The quantitative estimate of drug-likeness (QED) is 0.745. The molecule has 3 heterocycles. The number of phenolic OH excluding ortho intramolecular Hbond substituents is 1. The van der Waals surface area contributed by atoms with Crippen LogP contribution in [0.15, 0.2) is 18.2 Å². The van der Waals surface area contributed by atoms with E-state index < -0.39 is 17.5 Å². The Morgan fingerprint density at radius 1 is 1.21 bits per heavy atom. The summed E-state index contributed by atoms with van der Waals surface area (Å²) < 4.78 is 38.6. The molecule has 0 aliphatic carbocycles. The van der Waals surface area contributed by atoms with Crippen molar-refractivity contribution in [1.29, 1.82) is 0 Å². The number of piperidine rings is 1. The zero-order valence-corrected chi connectivity index (χ0v) is 15.5. The second-order valence-corrected chi connectivity index (χ2v) is 7.43. The van der Waals surface area contributed by atoms with Gasteiger partial charge >= 0.3 is 6.18 Å². The first-order chi connectivity index (χ1) is 13.3. The number of nitrogens with one attached hydrogen (secondary N) is 2. The molecule has 28 heavy (non-hydrogen) atoms. The molecule has 0 bridgehead atoms. The number of anilines is 1. The molecule has 9 heteroatoms. The standard InChI is InChI=1S/C19H22F3N5O/c1-27-6-2-3-12(10-27)24-18-15-9-23-8-14(15)17(25-26-18)13-5-4-11(7-16(13)28)19(20,21)22/h4-5,7,12,23,28H,2-3,6,8-10H2,1H3,(H,24,26)/t12-/m1/s1. The Bertz CT molecular complexity index is 887. The monoisotopic (exact) mass is 393 g/mol. The van der Waals surface area contributed by atoms with E-state index >= 15 is 0 Å². The highest BCUT2D eigenvalue weighted by atomic mass is 19.4. The first-order valence-electron chi connectivity index (χ1n) is 9.27. The number of aromatic hydroxyl groups is 1. The minimum atomic E-state index is -4.51. The van der Waals surface area contributed by atoms with Gasteiger partial charge in [0.2, 0.25) is 0 Å². The van der Waals surface area contributed by atoms with Gasteiger partial charge in [-0.25, -0.2) is 0 Å². The summed E-state index contributed by atoms with van der Waals surface area (Å²) in [7, 11) is 2.09. The molecular formula is C19H22F3N5O. The average molecular weight is 393 g/mol. The van der Waals surface area contributed by atoms with Crippen molar-refractivity contribution >= 4 is 5.82 Å². The maximum absolute atomic E-state index is 12.9. The lowest BCUT2D eigenvalue weighted by Gasteiger charge is -2.30. The van der Waals surface area contributed by atoms with Gasteiger partial charge in [-0.1, -0.05) is 0 Å². The number of phenols is 1. The SMILES string of the molecule is CN1CCC[C@@H](Nc2nnc(-c3ccc(C(F)(F)F)cc3O)c3c2CNC3)C1. The maximum Gasteiger partial charge on any atom is 0.416 e. The lowest BCUT2D eigenvalue weighted by Crippen LogP contribution is -2.40. The fourth-order valence-electron chi connectivity index (χ4n) is 3.92. The van der Waals surface area contributed by atoms with Gasteiger partial charge in [0.25, 0.3) is 0 Å². The van der Waals surface area contributed by atoms with Crippen LogP contribution in [0.1, 0.15) is 29.5 Å². The van der Waals surface area contributed by atoms with Gasteiger partial charge in [-0.15, -0.1) is 10.2 Å². The van der Waals surface area contributed by atoms with Gasteiger partial charge in [0.1, 0.15) is 11.4 Å². The number of nitrogens with zero attached hydrogens (tertiary/aromatic N) is 3. The van der Waals surface area contributed by atoms with E-state index in [4.69, 9.17) is 0 Å². The van der Waals surface area contributed by atoms with E-state index in [1.807, 2.05) is 0 Å². The van der Waals surface area contributed by atoms with Crippen molar-refractivity contribution in [3.05, 3.63) is 34.9 Å². The second-order valence-electron chi connectivity index (χ2n) is 7.43. The molecule has 1 fully saturated rings. The fourth-order valence-corrected chi connectivity index (χ4v) is 3.92. The third-order valence-corrected chi connectivity index (χ3v) is 5.34. The van der Waals surface area contributed by atoms with Crippen LogP contribution in [0.4, 0.5) is 19.0 Å². The van der Waals surface area contributed by atoms with Gasteiger partial charge in [0, 0.05) is 42.4 Å². The molecule has 1 atom stereocenters. The van der Waals surface area contributed by atoms with E-state index in [9.17, 15) is 18.3 Å². The Morgan fingerprint density at radius 2 is 2.00 bits per heavy atom. The predicted molar refractivity (Wildman–Crippen MR) is 98.8 cm³/mol. The molecule has 3 N–H and O–H groups in total. The number of likely N-dealkylation sites (N-methyl/N-ethyl adjacent to an activating group) is 1. The Balaban J connectivity index is 1.66. The summed E-state index contributed by atoms with van der Waals surface area (Å²) in [5, 5.41) is 25.5. The highest BCUT2D eigenvalue weighted by Crippen LogP contribution is 2.39. The van der Waals surface area contributed by atoms with Crippen LogP contribution in [0, 0.1) is 0 Å². The van der Waals surface area contributed by atoms with Crippen LogP contribution in [-0.4, -0.2) is 46.4 Å². The minimum absolute atomic E-state index is 0.254. The van der Waals surface area contributed by atoms with Crippen LogP contribution in [-0.2, 0) is 19.3 Å². The second kappa shape index (κ2) is 7.21. The number of hydrogen-bond acceptors (Lipinski definition) is 6. The van der Waals surface area contributed by atoms with E-state index in [-0.39, 0.29) is 11.6 Å². The van der Waals surface area contributed by atoms with Crippen molar-refractivity contribution in [2.45, 2.75) is 38.1 Å². The van der Waals surface area contributed by atoms with Crippen LogP contribution < -0.4 is 10.6 Å². The highest BCUT2D eigenvalue weighted by molar-refractivity contribution is 5.73. The number of likely N-dealkylation sites (tertiary alicyclic amines) is 1. The van der Waals surface area contributed by atoms with Crippen LogP contribution in [0.5, 0.6) is 5.75 Å². The zero-order chi connectivity index (χ0) is 19.9. The lowest BCUT2D eigenvalue weighted by atomic mass is 10.0. The van der Waals surface area contributed by atoms with Gasteiger partial charge in [-0.05, 0) is 44.6 Å². The molecule has 2 aliphatic rings. The van der Waals surface area contributed by atoms with Crippen LogP contribution in [0.2, 0.25) is 0 Å². The largest absolute Gasteiger partial charge is 0.507 e. The third kappa shape index (κ3) is 3.64. The summed E-state index contributed by atoms with van der Waals surface area (Å²) in [4.78, 5) is 2.27. The molecule has 1 aromatic carbocycles.